The molecule has 0 aliphatic carbocycles. The lowest BCUT2D eigenvalue weighted by molar-refractivity contribution is -0.458. The van der Waals surface area contributed by atoms with E-state index >= 15 is 0 Å². The number of unbranched alkanes of at least 4 members (excludes halogenated alkanes) is 1. The van der Waals surface area contributed by atoms with Gasteiger partial charge < -0.3 is 0 Å². The van der Waals surface area contributed by atoms with Crippen LogP contribution in [0.2, 0.25) is 0 Å². The minimum atomic E-state index is -8.90. The number of fused-ring (bicyclic) bond motifs is 1. The second kappa shape index (κ2) is 11.7. The van der Waals surface area contributed by atoms with E-state index in [1.165, 1.54) is 30.3 Å². The highest BCUT2D eigenvalue weighted by atomic mass is 32.3. The molecular weight excluding hydrogens is 735 g/mol. The van der Waals surface area contributed by atoms with Crippen LogP contribution in [0, 0.1) is 0 Å². The maximum absolute atomic E-state index is 14.8. The molecule has 22 heteroatoms. The van der Waals surface area contributed by atoms with Gasteiger partial charge >= 0.3 is 57.1 Å². The first-order valence-electron chi connectivity index (χ1n) is 12.9. The summed E-state index contributed by atoms with van der Waals surface area (Å²) in [4.78, 5) is -0.222. The monoisotopic (exact) mass is 756 g/mol. The number of hydrogen-bond donors (Lipinski definition) is 0. The molecule has 0 N–H and O–H groups in total. The Morgan fingerprint density at radius 1 is 0.638 bits per heavy atom. The van der Waals surface area contributed by atoms with Crippen LogP contribution in [0.15, 0.2) is 41.3 Å². The van der Waals surface area contributed by atoms with E-state index in [2.05, 4.69) is 3.63 Å². The molecule has 2 aromatic carbocycles. The number of alkyl halides is 17. The molecule has 0 bridgehead atoms. The maximum atomic E-state index is 14.8. The lowest BCUT2D eigenvalue weighted by Crippen LogP contribution is -2.75. The van der Waals surface area contributed by atoms with Crippen molar-refractivity contribution in [3.63, 3.8) is 0 Å². The van der Waals surface area contributed by atoms with E-state index in [9.17, 15) is 83.1 Å². The Morgan fingerprint density at radius 3 is 1.51 bits per heavy atom. The molecule has 3 rings (SSSR count). The van der Waals surface area contributed by atoms with Crippen LogP contribution >= 0.6 is 10.3 Å². The average molecular weight is 757 g/mol. The fourth-order valence-corrected chi connectivity index (χ4v) is 9.64. The second-order valence-corrected chi connectivity index (χ2v) is 15.3. The van der Waals surface area contributed by atoms with Crippen molar-refractivity contribution in [3.05, 3.63) is 42.0 Å². The Kier molecular flexibility index (Phi) is 9.75. The van der Waals surface area contributed by atoms with Gasteiger partial charge in [-0.2, -0.15) is 83.1 Å². The second-order valence-electron chi connectivity index (χ2n) is 10.4. The van der Waals surface area contributed by atoms with E-state index in [-0.39, 0.29) is 16.7 Å². The smallest absolute Gasteiger partial charge is 0.211 e. The molecule has 0 aromatic heterocycles. The summed E-state index contributed by atoms with van der Waals surface area (Å²) in [6, 6.07) is 8.23. The Hall–Kier alpha value is -2.23. The molecule has 1 fully saturated rings. The van der Waals surface area contributed by atoms with Gasteiger partial charge in [-0.1, -0.05) is 54.0 Å². The first kappa shape index (κ1) is 39.2. The number of halogens is 17. The molecule has 0 radical (unpaired) electrons. The summed E-state index contributed by atoms with van der Waals surface area (Å²) in [5, 5.41) is -7.21. The van der Waals surface area contributed by atoms with Crippen LogP contribution in [0.1, 0.15) is 31.7 Å². The molecule has 270 valence electrons. The first-order chi connectivity index (χ1) is 21.0. The molecule has 47 heavy (non-hydrogen) atoms. The fourth-order valence-electron chi connectivity index (χ4n) is 4.50. The molecule has 0 unspecified atom stereocenters. The van der Waals surface area contributed by atoms with Gasteiger partial charge in [0.15, 0.2) is 0 Å². The van der Waals surface area contributed by atoms with Crippen LogP contribution in [0.4, 0.5) is 74.6 Å². The average Bonchev–Trinajstić information content (AvgIpc) is 2.92. The molecular formula is C25H21F17O3S2. The summed E-state index contributed by atoms with van der Waals surface area (Å²) in [6.07, 6.45) is -6.18. The predicted octanol–water partition coefficient (Wildman–Crippen LogP) is 9.98. The van der Waals surface area contributed by atoms with Crippen LogP contribution < -0.4 is 0 Å². The van der Waals surface area contributed by atoms with Gasteiger partial charge in [-0.05, 0) is 41.7 Å². The van der Waals surface area contributed by atoms with Gasteiger partial charge in [0.2, 0.25) is 0 Å². The summed E-state index contributed by atoms with van der Waals surface area (Å²) >= 11 is 0. The minimum absolute atomic E-state index is 0.0539. The van der Waals surface area contributed by atoms with E-state index in [0.29, 0.717) is 30.2 Å². The van der Waals surface area contributed by atoms with Crippen molar-refractivity contribution in [1.82, 2.24) is 0 Å². The van der Waals surface area contributed by atoms with Crippen molar-refractivity contribution in [1.29, 1.82) is 0 Å². The van der Waals surface area contributed by atoms with Crippen molar-refractivity contribution in [3.8, 4) is 0 Å². The summed E-state index contributed by atoms with van der Waals surface area (Å²) in [6.45, 7) is 1.84. The van der Waals surface area contributed by atoms with Crippen molar-refractivity contribution < 1.29 is 86.7 Å². The van der Waals surface area contributed by atoms with Gasteiger partial charge in [-0.3, -0.25) is 0 Å². The lowest BCUT2D eigenvalue weighted by atomic mass is 9.91. The quantitative estimate of drug-likeness (QED) is 0.191. The molecule has 1 saturated heterocycles. The van der Waals surface area contributed by atoms with Crippen LogP contribution in [-0.2, 0) is 20.2 Å². The summed E-state index contributed by atoms with van der Waals surface area (Å²) in [5.74, 6) is -53.0. The highest BCUT2D eigenvalue weighted by molar-refractivity contribution is 8.34. The molecule has 2 aromatic rings. The highest BCUT2D eigenvalue weighted by Crippen LogP contribution is 2.69. The highest BCUT2D eigenvalue weighted by Gasteiger charge is 2.96. The Labute approximate surface area is 256 Å². The number of aryl methyl sites for hydroxylation is 1. The van der Waals surface area contributed by atoms with Crippen molar-refractivity contribution in [2.45, 2.75) is 84.5 Å². The van der Waals surface area contributed by atoms with Gasteiger partial charge in [0.05, 0.1) is 0 Å². The van der Waals surface area contributed by atoms with E-state index < -0.39 is 78.9 Å². The van der Waals surface area contributed by atoms with Crippen molar-refractivity contribution in [2.75, 3.05) is 11.5 Å². The van der Waals surface area contributed by atoms with Crippen LogP contribution in [0.25, 0.3) is 10.8 Å². The van der Waals surface area contributed by atoms with E-state index in [0.717, 1.165) is 6.07 Å². The Bertz CT molecular complexity index is 1580. The van der Waals surface area contributed by atoms with Gasteiger partial charge in [-0.15, -0.1) is 0 Å². The zero-order valence-corrected chi connectivity index (χ0v) is 24.8. The third kappa shape index (κ3) is 5.51. The van der Waals surface area contributed by atoms with Gasteiger partial charge in [0.1, 0.15) is 0 Å². The number of rotatable bonds is 13. The fraction of sp³-hybridized carbons (Fsp3) is 0.600. The predicted molar refractivity (Wildman–Crippen MR) is 133 cm³/mol. The zero-order valence-electron chi connectivity index (χ0n) is 23.2. The minimum Gasteiger partial charge on any atom is -0.211 e. The van der Waals surface area contributed by atoms with Crippen LogP contribution in [0.5, 0.6) is 0 Å². The molecule has 0 spiro atoms. The van der Waals surface area contributed by atoms with Crippen molar-refractivity contribution in [2.24, 2.45) is 0 Å². The summed E-state index contributed by atoms with van der Waals surface area (Å²) < 4.78 is 262. The van der Waals surface area contributed by atoms with E-state index in [1.54, 1.807) is 0 Å². The largest absolute Gasteiger partial charge is 0.460 e. The van der Waals surface area contributed by atoms with Gasteiger partial charge in [0, 0.05) is 16.4 Å². The van der Waals surface area contributed by atoms with Gasteiger partial charge in [-0.25, -0.2) is 3.63 Å². The molecule has 0 saturated carbocycles. The SMILES string of the molecule is CCCCc1ccc(S2(OS(=O)(=O)C(F)(F)C(F)(F)C(F)(F)C(F)(F)C(F)(F)C(F)(F)C(F)(F)C(F)(F)F)CCC2)c2ccccc12. The Balaban J connectivity index is 2.11. The van der Waals surface area contributed by atoms with Gasteiger partial charge in [0.25, 0.3) is 0 Å². The molecule has 1 aliphatic rings. The molecule has 1 aliphatic heterocycles. The molecule has 3 nitrogen and oxygen atoms in total. The van der Waals surface area contributed by atoms with E-state index in [1.807, 2.05) is 6.92 Å². The van der Waals surface area contributed by atoms with Crippen LogP contribution in [-0.4, -0.2) is 66.9 Å². The normalized spacial score (nSPS) is 18.3. The topological polar surface area (TPSA) is 43.4 Å². The maximum Gasteiger partial charge on any atom is 0.460 e. The molecule has 0 amide bonds. The standard InChI is InChI=1S/C25H21F17O3S2/c1-2-3-7-14-10-11-17(16-9-5-4-8-15(14)16)46(12-6-13-46)45-47(43,44)25(41,42)23(36,37)21(32,33)19(28,29)18(26,27)20(30,31)22(34,35)24(38,39)40/h4-5,8-11H,2-3,6-7,12-13H2,1H3. The third-order valence-electron chi connectivity index (χ3n) is 7.35. The Morgan fingerprint density at radius 2 is 1.09 bits per heavy atom. The first-order valence-corrected chi connectivity index (χ1v) is 16.2. The number of benzene rings is 2. The van der Waals surface area contributed by atoms with Crippen molar-refractivity contribution >= 4 is 31.2 Å². The lowest BCUT2D eigenvalue weighted by Gasteiger charge is -2.48. The third-order valence-corrected chi connectivity index (χ3v) is 13.0. The molecule has 1 heterocycles. The summed E-state index contributed by atoms with van der Waals surface area (Å²) in [5.41, 5.74) is 0.635. The molecule has 0 atom stereocenters. The van der Waals surface area contributed by atoms with E-state index in [4.69, 9.17) is 0 Å². The zero-order chi connectivity index (χ0) is 36.5. The van der Waals surface area contributed by atoms with Crippen LogP contribution in [0.3, 0.4) is 0 Å². The number of hydrogen-bond acceptors (Lipinski definition) is 3. The summed E-state index contributed by atoms with van der Waals surface area (Å²) in [7, 11) is -11.4.